The Morgan fingerprint density at radius 1 is 1.15 bits per heavy atom. The van der Waals surface area contributed by atoms with Gasteiger partial charge in [-0.2, -0.15) is 5.10 Å². The molecule has 2 aromatic carbocycles. The van der Waals surface area contributed by atoms with E-state index in [1.165, 1.54) is 12.1 Å². The molecule has 0 saturated heterocycles. The Kier molecular flexibility index (Phi) is 4.27. The van der Waals surface area contributed by atoms with Crippen LogP contribution in [0.3, 0.4) is 0 Å². The van der Waals surface area contributed by atoms with Crippen LogP contribution in [0.4, 0.5) is 4.39 Å². The Bertz CT molecular complexity index is 1010. The van der Waals surface area contributed by atoms with Gasteiger partial charge in [-0.3, -0.25) is 4.79 Å². The zero-order valence-corrected chi connectivity index (χ0v) is 15.0. The summed E-state index contributed by atoms with van der Waals surface area (Å²) < 4.78 is 25.4. The second-order valence-corrected chi connectivity index (χ2v) is 6.30. The second-order valence-electron chi connectivity index (χ2n) is 6.30. The number of benzene rings is 2. The third kappa shape index (κ3) is 3.23. The zero-order valence-electron chi connectivity index (χ0n) is 15.0. The van der Waals surface area contributed by atoms with E-state index in [-0.39, 0.29) is 18.5 Å². The van der Waals surface area contributed by atoms with Gasteiger partial charge in [-0.25, -0.2) is 9.07 Å². The van der Waals surface area contributed by atoms with E-state index in [4.69, 9.17) is 9.47 Å². The van der Waals surface area contributed by atoms with E-state index in [1.807, 2.05) is 25.1 Å². The molecule has 0 fully saturated rings. The van der Waals surface area contributed by atoms with E-state index >= 15 is 0 Å². The maximum Gasteiger partial charge on any atom is 0.255 e. The summed E-state index contributed by atoms with van der Waals surface area (Å²) in [6.07, 6.45) is 0. The van der Waals surface area contributed by atoms with Crippen molar-refractivity contribution in [3.05, 3.63) is 70.8 Å². The largest absolute Gasteiger partial charge is 0.454 e. The number of hydrogen-bond donors (Lipinski definition) is 1. The quantitative estimate of drug-likeness (QED) is 0.769. The van der Waals surface area contributed by atoms with Crippen molar-refractivity contribution in [1.82, 2.24) is 15.1 Å². The number of carbonyl (C=O) groups excluding carboxylic acids is 1. The number of aryl methyl sites for hydroxylation is 1. The summed E-state index contributed by atoms with van der Waals surface area (Å²) in [4.78, 5) is 12.7. The van der Waals surface area contributed by atoms with Crippen LogP contribution in [0, 0.1) is 19.7 Å². The summed E-state index contributed by atoms with van der Waals surface area (Å²) in [5.74, 6) is 0.855. The lowest BCUT2D eigenvalue weighted by Gasteiger charge is -2.08. The molecule has 0 unspecified atom stereocenters. The number of aromatic nitrogens is 2. The minimum atomic E-state index is -0.318. The van der Waals surface area contributed by atoms with Crippen LogP contribution in [0.5, 0.6) is 11.5 Å². The molecule has 4 rings (SSSR count). The van der Waals surface area contributed by atoms with E-state index in [0.29, 0.717) is 40.7 Å². The summed E-state index contributed by atoms with van der Waals surface area (Å²) in [5.41, 5.74) is 3.43. The fourth-order valence-corrected chi connectivity index (χ4v) is 3.13. The summed E-state index contributed by atoms with van der Waals surface area (Å²) in [7, 11) is 0. The molecule has 7 heteroatoms. The predicted octanol–water partition coefficient (Wildman–Crippen LogP) is 3.29. The SMILES string of the molecule is Cc1nn(-c2ccc(F)cc2)c(C)c1C(=O)NCc1ccc2c(c1)OCO2. The molecule has 2 heterocycles. The van der Waals surface area contributed by atoms with Gasteiger partial charge in [-0.1, -0.05) is 6.07 Å². The van der Waals surface area contributed by atoms with E-state index in [9.17, 15) is 9.18 Å². The van der Waals surface area contributed by atoms with E-state index in [2.05, 4.69) is 10.4 Å². The minimum absolute atomic E-state index is 0.212. The van der Waals surface area contributed by atoms with E-state index in [0.717, 1.165) is 5.56 Å². The number of nitrogens with one attached hydrogen (secondary N) is 1. The van der Waals surface area contributed by atoms with Gasteiger partial charge in [-0.15, -0.1) is 0 Å². The maximum atomic E-state index is 13.1. The number of fused-ring (bicyclic) bond motifs is 1. The molecule has 1 aromatic heterocycles. The third-order valence-corrected chi connectivity index (χ3v) is 4.48. The van der Waals surface area contributed by atoms with Crippen molar-refractivity contribution in [2.45, 2.75) is 20.4 Å². The number of carbonyl (C=O) groups is 1. The molecule has 1 N–H and O–H groups in total. The molecule has 0 radical (unpaired) electrons. The Hall–Kier alpha value is -3.35. The highest BCUT2D eigenvalue weighted by molar-refractivity contribution is 5.96. The molecule has 138 valence electrons. The summed E-state index contributed by atoms with van der Waals surface area (Å²) in [6.45, 7) is 4.17. The summed E-state index contributed by atoms with van der Waals surface area (Å²) in [6, 6.07) is 11.6. The Morgan fingerprint density at radius 2 is 1.89 bits per heavy atom. The van der Waals surface area contributed by atoms with Crippen molar-refractivity contribution in [2.24, 2.45) is 0 Å². The lowest BCUT2D eigenvalue weighted by molar-refractivity contribution is 0.0949. The first-order chi connectivity index (χ1) is 13.0. The van der Waals surface area contributed by atoms with Crippen LogP contribution in [-0.4, -0.2) is 22.5 Å². The number of halogens is 1. The standard InChI is InChI=1S/C20H18FN3O3/c1-12-19(13(2)24(23-12)16-6-4-15(21)5-7-16)20(25)22-10-14-3-8-17-18(9-14)27-11-26-17/h3-9H,10-11H2,1-2H3,(H,22,25). The number of nitrogens with zero attached hydrogens (tertiary/aromatic N) is 2. The molecule has 27 heavy (non-hydrogen) atoms. The number of hydrogen-bond acceptors (Lipinski definition) is 4. The van der Waals surface area contributed by atoms with Crippen molar-refractivity contribution in [3.63, 3.8) is 0 Å². The Labute approximate surface area is 155 Å². The molecule has 0 atom stereocenters. The average Bonchev–Trinajstić information content (AvgIpc) is 3.24. The molecule has 6 nitrogen and oxygen atoms in total. The van der Waals surface area contributed by atoms with Gasteiger partial charge >= 0.3 is 0 Å². The van der Waals surface area contributed by atoms with E-state index in [1.54, 1.807) is 23.7 Å². The maximum absolute atomic E-state index is 13.1. The van der Waals surface area contributed by atoms with Crippen LogP contribution < -0.4 is 14.8 Å². The lowest BCUT2D eigenvalue weighted by atomic mass is 10.1. The number of ether oxygens (including phenoxy) is 2. The normalized spacial score (nSPS) is 12.3. The Morgan fingerprint density at radius 3 is 2.67 bits per heavy atom. The molecule has 0 saturated carbocycles. The molecular formula is C20H18FN3O3. The van der Waals surface area contributed by atoms with Crippen LogP contribution in [-0.2, 0) is 6.54 Å². The van der Waals surface area contributed by atoms with Crippen molar-refractivity contribution in [3.8, 4) is 17.2 Å². The first kappa shape index (κ1) is 17.1. The minimum Gasteiger partial charge on any atom is -0.454 e. The molecule has 1 amide bonds. The van der Waals surface area contributed by atoms with Gasteiger partial charge < -0.3 is 14.8 Å². The van der Waals surface area contributed by atoms with Gasteiger partial charge in [0.25, 0.3) is 5.91 Å². The topological polar surface area (TPSA) is 65.4 Å². The highest BCUT2D eigenvalue weighted by Gasteiger charge is 2.20. The molecule has 1 aliphatic heterocycles. The molecule has 0 aliphatic carbocycles. The first-order valence-electron chi connectivity index (χ1n) is 8.52. The molecule has 0 spiro atoms. The number of rotatable bonds is 4. The van der Waals surface area contributed by atoms with Crippen LogP contribution in [0.2, 0.25) is 0 Å². The van der Waals surface area contributed by atoms with Gasteiger partial charge in [-0.05, 0) is 55.8 Å². The van der Waals surface area contributed by atoms with Crippen molar-refractivity contribution in [2.75, 3.05) is 6.79 Å². The summed E-state index contributed by atoms with van der Waals surface area (Å²) >= 11 is 0. The van der Waals surface area contributed by atoms with Gasteiger partial charge in [0.15, 0.2) is 11.5 Å². The van der Waals surface area contributed by atoms with Crippen LogP contribution >= 0.6 is 0 Å². The highest BCUT2D eigenvalue weighted by atomic mass is 19.1. The van der Waals surface area contributed by atoms with Crippen molar-refractivity contribution >= 4 is 5.91 Å². The fourth-order valence-electron chi connectivity index (χ4n) is 3.13. The van der Waals surface area contributed by atoms with Gasteiger partial charge in [0.2, 0.25) is 6.79 Å². The average molecular weight is 367 g/mol. The second kappa shape index (κ2) is 6.75. The predicted molar refractivity (Wildman–Crippen MR) is 96.7 cm³/mol. The molecule has 1 aliphatic rings. The van der Waals surface area contributed by atoms with Crippen LogP contribution in [0.25, 0.3) is 5.69 Å². The smallest absolute Gasteiger partial charge is 0.255 e. The van der Waals surface area contributed by atoms with E-state index < -0.39 is 0 Å². The van der Waals surface area contributed by atoms with Gasteiger partial charge in [0, 0.05) is 6.54 Å². The van der Waals surface area contributed by atoms with Crippen LogP contribution in [0.1, 0.15) is 27.3 Å². The molecule has 3 aromatic rings. The highest BCUT2D eigenvalue weighted by Crippen LogP contribution is 2.32. The zero-order chi connectivity index (χ0) is 19.0. The third-order valence-electron chi connectivity index (χ3n) is 4.48. The summed E-state index contributed by atoms with van der Waals surface area (Å²) in [5, 5.41) is 7.34. The fraction of sp³-hybridized carbons (Fsp3) is 0.200. The Balaban J connectivity index is 1.53. The lowest BCUT2D eigenvalue weighted by Crippen LogP contribution is -2.24. The first-order valence-corrected chi connectivity index (χ1v) is 8.52. The van der Waals surface area contributed by atoms with Crippen LogP contribution in [0.15, 0.2) is 42.5 Å². The number of amides is 1. The molecule has 0 bridgehead atoms. The van der Waals surface area contributed by atoms with Crippen molar-refractivity contribution in [1.29, 1.82) is 0 Å². The molecular weight excluding hydrogens is 349 g/mol. The monoisotopic (exact) mass is 367 g/mol. The van der Waals surface area contributed by atoms with Gasteiger partial charge in [0.1, 0.15) is 5.82 Å². The van der Waals surface area contributed by atoms with Crippen molar-refractivity contribution < 1.29 is 18.7 Å². The van der Waals surface area contributed by atoms with Gasteiger partial charge in [0.05, 0.1) is 22.6 Å².